The minimum Gasteiger partial charge on any atom is -0.463 e. The first kappa shape index (κ1) is 24.4. The molecule has 1 saturated heterocycles. The number of carbonyl (C=O) groups is 3. The fourth-order valence-electron chi connectivity index (χ4n) is 4.37. The maximum Gasteiger partial charge on any atom is 0.373 e. The van der Waals surface area contributed by atoms with E-state index in [-0.39, 0.29) is 12.3 Å². The summed E-state index contributed by atoms with van der Waals surface area (Å²) >= 11 is 0.889. The average Bonchev–Trinajstić information content (AvgIpc) is 3.57. The van der Waals surface area contributed by atoms with Crippen molar-refractivity contribution in [3.05, 3.63) is 106 Å². The Hall–Kier alpha value is -4.30. The minimum absolute atomic E-state index is 0.0178. The predicted molar refractivity (Wildman–Crippen MR) is 142 cm³/mol. The Kier molecular flexibility index (Phi) is 6.58. The van der Waals surface area contributed by atoms with E-state index in [0.717, 1.165) is 50.4 Å². The van der Waals surface area contributed by atoms with Gasteiger partial charge in [0.1, 0.15) is 5.76 Å². The second-order valence-corrected chi connectivity index (χ2v) is 9.59. The number of aromatic nitrogens is 1. The highest BCUT2D eigenvalue weighted by Gasteiger charge is 2.36. The van der Waals surface area contributed by atoms with E-state index in [0.29, 0.717) is 10.7 Å². The van der Waals surface area contributed by atoms with E-state index in [4.69, 9.17) is 4.42 Å². The number of carbonyl (C=O) groups excluding carboxylic acids is 3. The zero-order valence-electron chi connectivity index (χ0n) is 20.6. The Morgan fingerprint density at radius 2 is 1.68 bits per heavy atom. The van der Waals surface area contributed by atoms with Crippen molar-refractivity contribution in [2.24, 2.45) is 0 Å². The van der Waals surface area contributed by atoms with E-state index in [1.807, 2.05) is 38.1 Å². The lowest BCUT2D eigenvalue weighted by molar-refractivity contribution is -0.123. The maximum absolute atomic E-state index is 13.0. The molecule has 3 heterocycles. The van der Waals surface area contributed by atoms with Crippen molar-refractivity contribution in [1.29, 1.82) is 0 Å². The van der Waals surface area contributed by atoms with Gasteiger partial charge in [-0.15, -0.1) is 0 Å². The highest BCUT2D eigenvalue weighted by atomic mass is 32.2. The van der Waals surface area contributed by atoms with Gasteiger partial charge in [0, 0.05) is 17.1 Å². The van der Waals surface area contributed by atoms with Crippen LogP contribution in [-0.4, -0.2) is 33.7 Å². The van der Waals surface area contributed by atoms with Gasteiger partial charge in [-0.05, 0) is 78.7 Å². The van der Waals surface area contributed by atoms with Gasteiger partial charge in [0.05, 0.1) is 18.6 Å². The monoisotopic (exact) mass is 512 g/mol. The van der Waals surface area contributed by atoms with Gasteiger partial charge in [-0.2, -0.15) is 0 Å². The van der Waals surface area contributed by atoms with Crippen LogP contribution in [0.2, 0.25) is 0 Å². The highest BCUT2D eigenvalue weighted by molar-refractivity contribution is 8.18. The van der Waals surface area contributed by atoms with Crippen LogP contribution in [0.15, 0.2) is 82.1 Å². The van der Waals surface area contributed by atoms with Crippen molar-refractivity contribution in [1.82, 2.24) is 9.47 Å². The molecular formula is C29H24N2O5S. The maximum atomic E-state index is 13.0. The van der Waals surface area contributed by atoms with Gasteiger partial charge in [0.15, 0.2) is 0 Å². The largest absolute Gasteiger partial charge is 0.463 e. The number of hydrogen-bond acceptors (Lipinski definition) is 6. The molecule has 1 aliphatic rings. The van der Waals surface area contributed by atoms with Gasteiger partial charge < -0.3 is 13.7 Å². The molecule has 0 radical (unpaired) electrons. The van der Waals surface area contributed by atoms with Crippen LogP contribution >= 0.6 is 11.8 Å². The number of hydrogen-bond donors (Lipinski definition) is 0. The van der Waals surface area contributed by atoms with Crippen LogP contribution in [0.25, 0.3) is 22.9 Å². The number of rotatable bonds is 6. The summed E-state index contributed by atoms with van der Waals surface area (Å²) in [6.45, 7) is 3.94. The summed E-state index contributed by atoms with van der Waals surface area (Å²) in [5.74, 6) is -0.682. The zero-order chi connectivity index (χ0) is 26.1. The van der Waals surface area contributed by atoms with Gasteiger partial charge in [0.25, 0.3) is 11.1 Å². The molecule has 0 unspecified atom stereocenters. The van der Waals surface area contributed by atoms with E-state index >= 15 is 0 Å². The summed E-state index contributed by atoms with van der Waals surface area (Å²) in [7, 11) is 1.25. The molecule has 0 aliphatic carbocycles. The number of aryl methyl sites for hydroxylation is 1. The fourth-order valence-corrected chi connectivity index (χ4v) is 5.20. The molecule has 7 nitrogen and oxygen atoms in total. The lowest BCUT2D eigenvalue weighted by Crippen LogP contribution is -2.27. The van der Waals surface area contributed by atoms with E-state index in [2.05, 4.69) is 45.7 Å². The van der Waals surface area contributed by atoms with Gasteiger partial charge in [-0.3, -0.25) is 14.5 Å². The molecule has 0 N–H and O–H groups in total. The van der Waals surface area contributed by atoms with Crippen LogP contribution in [0.1, 0.15) is 33.3 Å². The van der Waals surface area contributed by atoms with Crippen LogP contribution in [-0.2, 0) is 16.1 Å². The van der Waals surface area contributed by atoms with Crippen LogP contribution in [0, 0.1) is 13.8 Å². The van der Waals surface area contributed by atoms with Gasteiger partial charge in [-0.1, -0.05) is 42.5 Å². The number of methoxy groups -OCH3 is 1. The molecule has 0 spiro atoms. The summed E-state index contributed by atoms with van der Waals surface area (Å²) in [6.07, 6.45) is 1.75. The van der Waals surface area contributed by atoms with Crippen LogP contribution in [0.4, 0.5) is 4.79 Å². The smallest absolute Gasteiger partial charge is 0.373 e. The van der Waals surface area contributed by atoms with Crippen molar-refractivity contribution in [3.8, 4) is 16.8 Å². The summed E-state index contributed by atoms with van der Waals surface area (Å²) in [6, 6.07) is 23.5. The van der Waals surface area contributed by atoms with E-state index in [9.17, 15) is 14.4 Å². The molecular weight excluding hydrogens is 488 g/mol. The van der Waals surface area contributed by atoms with E-state index in [1.54, 1.807) is 12.1 Å². The summed E-state index contributed by atoms with van der Waals surface area (Å²) in [5, 5.41) is -0.391. The van der Waals surface area contributed by atoms with Crippen LogP contribution in [0.5, 0.6) is 0 Å². The Morgan fingerprint density at radius 1 is 0.973 bits per heavy atom. The van der Waals surface area contributed by atoms with Crippen molar-refractivity contribution in [2.45, 2.75) is 20.4 Å². The molecule has 5 rings (SSSR count). The normalized spacial score (nSPS) is 14.6. The lowest BCUT2D eigenvalue weighted by Gasteiger charge is -2.11. The SMILES string of the molecule is COC(=O)c1ccc(CN2C(=O)S/C(=C\c3cc(C)n(-c4ccc(-c5ccccc5)cc4)c3C)C2=O)o1. The third kappa shape index (κ3) is 4.75. The Labute approximate surface area is 218 Å². The first-order valence-electron chi connectivity index (χ1n) is 11.6. The summed E-state index contributed by atoms with van der Waals surface area (Å²) in [4.78, 5) is 38.7. The molecule has 2 aromatic carbocycles. The third-order valence-electron chi connectivity index (χ3n) is 6.23. The molecule has 2 aromatic heterocycles. The molecule has 0 bridgehead atoms. The lowest BCUT2D eigenvalue weighted by atomic mass is 10.1. The van der Waals surface area contributed by atoms with Gasteiger partial charge in [-0.25, -0.2) is 4.79 Å². The molecule has 0 atom stereocenters. The number of imide groups is 1. The highest BCUT2D eigenvalue weighted by Crippen LogP contribution is 2.35. The first-order valence-corrected chi connectivity index (χ1v) is 12.4. The number of esters is 1. The third-order valence-corrected chi connectivity index (χ3v) is 7.13. The molecule has 1 aliphatic heterocycles. The van der Waals surface area contributed by atoms with Crippen molar-refractivity contribution < 1.29 is 23.5 Å². The molecule has 186 valence electrons. The van der Waals surface area contributed by atoms with Crippen LogP contribution < -0.4 is 0 Å². The average molecular weight is 513 g/mol. The first-order chi connectivity index (χ1) is 17.9. The molecule has 4 aromatic rings. The Balaban J connectivity index is 1.37. The van der Waals surface area contributed by atoms with Crippen molar-refractivity contribution in [2.75, 3.05) is 7.11 Å². The molecule has 2 amide bonds. The number of thioether (sulfide) groups is 1. The van der Waals surface area contributed by atoms with E-state index in [1.165, 1.54) is 13.2 Å². The van der Waals surface area contributed by atoms with Gasteiger partial charge >= 0.3 is 5.97 Å². The molecule has 0 saturated carbocycles. The second kappa shape index (κ2) is 9.99. The standard InChI is InChI=1S/C29H24N2O5S/c1-18-15-22(19(2)31(18)23-11-9-21(10-12-23)20-7-5-4-6-8-20)16-26-27(32)30(29(34)37-26)17-24-13-14-25(36-24)28(33)35-3/h4-16H,17H2,1-3H3/b26-16-. The summed E-state index contributed by atoms with van der Waals surface area (Å²) < 4.78 is 12.2. The Morgan fingerprint density at radius 3 is 2.38 bits per heavy atom. The quantitative estimate of drug-likeness (QED) is 0.220. The Bertz CT molecular complexity index is 1530. The molecule has 8 heteroatoms. The fraction of sp³-hybridized carbons (Fsp3) is 0.138. The molecule has 37 heavy (non-hydrogen) atoms. The van der Waals surface area contributed by atoms with Crippen LogP contribution in [0.3, 0.4) is 0 Å². The number of nitrogens with zero attached hydrogens (tertiary/aromatic N) is 2. The van der Waals surface area contributed by atoms with Crippen molar-refractivity contribution >= 4 is 35.0 Å². The minimum atomic E-state index is -0.620. The topological polar surface area (TPSA) is 81.8 Å². The van der Waals surface area contributed by atoms with Gasteiger partial charge in [0.2, 0.25) is 5.76 Å². The van der Waals surface area contributed by atoms with Crippen molar-refractivity contribution in [3.63, 3.8) is 0 Å². The number of furan rings is 1. The summed E-state index contributed by atoms with van der Waals surface area (Å²) in [5.41, 5.74) is 6.15. The zero-order valence-corrected chi connectivity index (χ0v) is 21.4. The second-order valence-electron chi connectivity index (χ2n) is 8.60. The van der Waals surface area contributed by atoms with E-state index < -0.39 is 17.1 Å². The number of amides is 2. The predicted octanol–water partition coefficient (Wildman–Crippen LogP) is 6.38. The molecule has 1 fully saturated rings. The number of ether oxygens (including phenoxy) is 1. The number of benzene rings is 2.